The number of nitrogens with zero attached hydrogens (tertiary/aromatic N) is 1. The molecule has 10 heteroatoms. The minimum Gasteiger partial charge on any atom is -0.480 e. The quantitative estimate of drug-likeness (QED) is 0.308. The topological polar surface area (TPSA) is 162 Å². The lowest BCUT2D eigenvalue weighted by Gasteiger charge is -2.32. The van der Waals surface area contributed by atoms with Crippen LogP contribution >= 0.6 is 0 Å². The van der Waals surface area contributed by atoms with Gasteiger partial charge in [0.05, 0.1) is 6.61 Å². The van der Waals surface area contributed by atoms with Gasteiger partial charge in [0.25, 0.3) is 0 Å². The third-order valence-electron chi connectivity index (χ3n) is 5.38. The number of carboxylic acid groups (broad SMARTS) is 1. The predicted octanol–water partition coefficient (Wildman–Crippen LogP) is -0.947. The van der Waals surface area contributed by atoms with Gasteiger partial charge < -0.3 is 31.5 Å². The zero-order chi connectivity index (χ0) is 22.3. The summed E-state index contributed by atoms with van der Waals surface area (Å²) in [6, 6.07) is -3.88. The normalized spacial score (nSPS) is 20.7. The van der Waals surface area contributed by atoms with E-state index < -0.39 is 54.5 Å². The maximum atomic E-state index is 13.1. The van der Waals surface area contributed by atoms with Crippen molar-refractivity contribution < 1.29 is 29.4 Å². The summed E-state index contributed by atoms with van der Waals surface area (Å²) < 4.78 is 0. The molecule has 0 spiro atoms. The van der Waals surface area contributed by atoms with Crippen LogP contribution in [-0.4, -0.2) is 76.1 Å². The second-order valence-electron chi connectivity index (χ2n) is 7.92. The minimum atomic E-state index is -1.14. The first-order valence-corrected chi connectivity index (χ1v) is 10.1. The van der Waals surface area contributed by atoms with Crippen LogP contribution < -0.4 is 16.4 Å². The van der Waals surface area contributed by atoms with Gasteiger partial charge in [-0.15, -0.1) is 0 Å². The van der Waals surface area contributed by atoms with Crippen molar-refractivity contribution in [1.29, 1.82) is 0 Å². The maximum absolute atomic E-state index is 13.1. The summed E-state index contributed by atoms with van der Waals surface area (Å²) in [6.07, 6.45) is 1.59. The number of aliphatic hydroxyl groups excluding tert-OH is 1. The SMILES string of the molecule is CCC(C)C(NC(=O)C1CCCN1C(=O)C(NC(=O)C(N)CO)C(C)C)C(=O)O. The van der Waals surface area contributed by atoms with Crippen LogP contribution in [-0.2, 0) is 19.2 Å². The average molecular weight is 415 g/mol. The molecule has 0 radical (unpaired) electrons. The van der Waals surface area contributed by atoms with Crippen molar-refractivity contribution in [3.05, 3.63) is 0 Å². The lowest BCUT2D eigenvalue weighted by molar-refractivity contribution is -0.146. The lowest BCUT2D eigenvalue weighted by atomic mass is 9.98. The van der Waals surface area contributed by atoms with Gasteiger partial charge in [0, 0.05) is 6.54 Å². The van der Waals surface area contributed by atoms with Gasteiger partial charge in [-0.1, -0.05) is 34.1 Å². The van der Waals surface area contributed by atoms with Crippen LogP contribution in [0.3, 0.4) is 0 Å². The highest BCUT2D eigenvalue weighted by Crippen LogP contribution is 2.21. The fraction of sp³-hybridized carbons (Fsp3) is 0.789. The van der Waals surface area contributed by atoms with Crippen molar-refractivity contribution >= 4 is 23.7 Å². The van der Waals surface area contributed by atoms with Crippen molar-refractivity contribution in [3.63, 3.8) is 0 Å². The first-order chi connectivity index (χ1) is 13.5. The summed E-state index contributed by atoms with van der Waals surface area (Å²) >= 11 is 0. The van der Waals surface area contributed by atoms with Gasteiger partial charge >= 0.3 is 5.97 Å². The van der Waals surface area contributed by atoms with E-state index in [4.69, 9.17) is 10.8 Å². The van der Waals surface area contributed by atoms with E-state index in [2.05, 4.69) is 10.6 Å². The summed E-state index contributed by atoms with van der Waals surface area (Å²) in [5, 5.41) is 23.5. The number of carbonyl (C=O) groups is 4. The number of nitrogens with two attached hydrogens (primary N) is 1. The number of hydrogen-bond donors (Lipinski definition) is 5. The number of carbonyl (C=O) groups excluding carboxylic acids is 3. The number of aliphatic carboxylic acids is 1. The molecule has 0 aliphatic carbocycles. The molecule has 0 bridgehead atoms. The zero-order valence-corrected chi connectivity index (χ0v) is 17.6. The second-order valence-corrected chi connectivity index (χ2v) is 7.92. The molecule has 5 unspecified atom stereocenters. The van der Waals surface area contributed by atoms with E-state index in [1.165, 1.54) is 4.90 Å². The van der Waals surface area contributed by atoms with Crippen molar-refractivity contribution in [2.45, 2.75) is 71.1 Å². The molecule has 1 fully saturated rings. The van der Waals surface area contributed by atoms with E-state index >= 15 is 0 Å². The third-order valence-corrected chi connectivity index (χ3v) is 5.38. The van der Waals surface area contributed by atoms with E-state index in [1.807, 2.05) is 6.92 Å². The van der Waals surface area contributed by atoms with Gasteiger partial charge in [-0.05, 0) is 24.7 Å². The molecule has 1 heterocycles. The van der Waals surface area contributed by atoms with E-state index in [0.29, 0.717) is 25.8 Å². The largest absolute Gasteiger partial charge is 0.480 e. The average Bonchev–Trinajstić information content (AvgIpc) is 3.17. The maximum Gasteiger partial charge on any atom is 0.326 e. The Bertz CT molecular complexity index is 612. The molecular weight excluding hydrogens is 380 g/mol. The Hall–Kier alpha value is -2.20. The molecule has 1 saturated heterocycles. The van der Waals surface area contributed by atoms with E-state index in [1.54, 1.807) is 20.8 Å². The Labute approximate surface area is 171 Å². The van der Waals surface area contributed by atoms with Crippen LogP contribution in [0.2, 0.25) is 0 Å². The summed E-state index contributed by atoms with van der Waals surface area (Å²) in [7, 11) is 0. The molecule has 1 aliphatic heterocycles. The fourth-order valence-corrected chi connectivity index (χ4v) is 3.27. The molecule has 3 amide bonds. The number of rotatable bonds is 10. The number of aliphatic hydroxyl groups is 1. The zero-order valence-electron chi connectivity index (χ0n) is 17.6. The monoisotopic (exact) mass is 414 g/mol. The van der Waals surface area contributed by atoms with Crippen molar-refractivity contribution in [2.75, 3.05) is 13.2 Å². The van der Waals surface area contributed by atoms with Gasteiger partial charge in [0.2, 0.25) is 17.7 Å². The molecule has 29 heavy (non-hydrogen) atoms. The molecule has 0 aromatic rings. The lowest BCUT2D eigenvalue weighted by Crippen LogP contribution is -2.58. The van der Waals surface area contributed by atoms with Gasteiger partial charge in [0.1, 0.15) is 24.2 Å². The number of hydrogen-bond acceptors (Lipinski definition) is 6. The van der Waals surface area contributed by atoms with Crippen molar-refractivity contribution in [2.24, 2.45) is 17.6 Å². The molecule has 5 atom stereocenters. The van der Waals surface area contributed by atoms with Gasteiger partial charge in [-0.2, -0.15) is 0 Å². The molecule has 1 rings (SSSR count). The van der Waals surface area contributed by atoms with E-state index in [-0.39, 0.29) is 11.8 Å². The van der Waals surface area contributed by atoms with Crippen LogP contribution in [0.5, 0.6) is 0 Å². The number of likely N-dealkylation sites (tertiary alicyclic amines) is 1. The Balaban J connectivity index is 2.94. The minimum absolute atomic E-state index is 0.260. The van der Waals surface area contributed by atoms with E-state index in [0.717, 1.165) is 0 Å². The Morgan fingerprint density at radius 2 is 1.76 bits per heavy atom. The van der Waals surface area contributed by atoms with Gasteiger partial charge in [-0.3, -0.25) is 14.4 Å². The summed E-state index contributed by atoms with van der Waals surface area (Å²) in [6.45, 7) is 6.87. The summed E-state index contributed by atoms with van der Waals surface area (Å²) in [4.78, 5) is 50.8. The van der Waals surface area contributed by atoms with E-state index in [9.17, 15) is 24.3 Å². The molecular formula is C19H34N4O6. The van der Waals surface area contributed by atoms with Gasteiger partial charge in [0.15, 0.2) is 0 Å². The number of carboxylic acids is 1. The predicted molar refractivity (Wildman–Crippen MR) is 106 cm³/mol. The second kappa shape index (κ2) is 11.1. The molecule has 10 nitrogen and oxygen atoms in total. The van der Waals surface area contributed by atoms with Crippen molar-refractivity contribution in [3.8, 4) is 0 Å². The molecule has 0 aromatic heterocycles. The molecule has 1 aliphatic rings. The highest BCUT2D eigenvalue weighted by molar-refractivity contribution is 5.94. The molecule has 0 aromatic carbocycles. The fourth-order valence-electron chi connectivity index (χ4n) is 3.27. The Morgan fingerprint density at radius 3 is 2.24 bits per heavy atom. The number of nitrogens with one attached hydrogen (secondary N) is 2. The first-order valence-electron chi connectivity index (χ1n) is 10.1. The summed E-state index contributed by atoms with van der Waals surface area (Å²) in [5.41, 5.74) is 5.51. The molecule has 166 valence electrons. The van der Waals surface area contributed by atoms with Crippen LogP contribution in [0.4, 0.5) is 0 Å². The smallest absolute Gasteiger partial charge is 0.326 e. The Kier molecular flexibility index (Phi) is 9.51. The highest BCUT2D eigenvalue weighted by Gasteiger charge is 2.40. The van der Waals surface area contributed by atoms with Crippen molar-refractivity contribution in [1.82, 2.24) is 15.5 Å². The van der Waals surface area contributed by atoms with Crippen LogP contribution in [0, 0.1) is 11.8 Å². The molecule has 6 N–H and O–H groups in total. The standard InChI is InChI=1S/C19H34N4O6/c1-5-11(4)15(19(28)29)22-17(26)13-7-6-8-23(13)18(27)14(10(2)3)21-16(25)12(20)9-24/h10-15,24H,5-9,20H2,1-4H3,(H,21,25)(H,22,26)(H,28,29). The highest BCUT2D eigenvalue weighted by atomic mass is 16.4. The van der Waals surface area contributed by atoms with Crippen LogP contribution in [0.1, 0.15) is 47.0 Å². The molecule has 0 saturated carbocycles. The summed E-state index contributed by atoms with van der Waals surface area (Å²) in [5.74, 6) is -3.23. The Morgan fingerprint density at radius 1 is 1.14 bits per heavy atom. The first kappa shape index (κ1) is 24.8. The van der Waals surface area contributed by atoms with Crippen LogP contribution in [0.25, 0.3) is 0 Å². The van der Waals surface area contributed by atoms with Gasteiger partial charge in [-0.25, -0.2) is 4.79 Å². The third kappa shape index (κ3) is 6.40. The number of amides is 3. The van der Waals surface area contributed by atoms with Crippen LogP contribution in [0.15, 0.2) is 0 Å².